The zero-order valence-electron chi connectivity index (χ0n) is 13.2. The van der Waals surface area contributed by atoms with Gasteiger partial charge in [-0.05, 0) is 40.0 Å². The number of rotatable bonds is 9. The Morgan fingerprint density at radius 2 is 2.25 bits per heavy atom. The fraction of sp³-hybridized carbons (Fsp3) is 0.933. The molecule has 0 spiro atoms. The molecule has 20 heavy (non-hydrogen) atoms. The summed E-state index contributed by atoms with van der Waals surface area (Å²) in [5.74, 6) is 0.325. The number of hydrogen-bond donors (Lipinski definition) is 1. The van der Waals surface area contributed by atoms with Gasteiger partial charge < -0.3 is 14.2 Å². The van der Waals surface area contributed by atoms with Gasteiger partial charge in [-0.3, -0.25) is 10.1 Å². The Morgan fingerprint density at radius 3 is 2.80 bits per heavy atom. The largest absolute Gasteiger partial charge is 0.468 e. The second kappa shape index (κ2) is 8.60. The van der Waals surface area contributed by atoms with Crippen molar-refractivity contribution >= 4 is 5.97 Å². The van der Waals surface area contributed by atoms with E-state index < -0.39 is 5.54 Å². The van der Waals surface area contributed by atoms with Crippen LogP contribution >= 0.6 is 0 Å². The lowest BCUT2D eigenvalue weighted by atomic mass is 9.95. The Hall–Kier alpha value is -0.650. The molecule has 0 bridgehead atoms. The van der Waals surface area contributed by atoms with Crippen LogP contribution in [0.3, 0.4) is 0 Å². The molecule has 0 aliphatic carbocycles. The van der Waals surface area contributed by atoms with E-state index in [0.717, 1.165) is 32.7 Å². The van der Waals surface area contributed by atoms with Crippen LogP contribution in [-0.4, -0.2) is 51.1 Å². The molecule has 0 aromatic heterocycles. The lowest BCUT2D eigenvalue weighted by molar-refractivity contribution is -0.148. The molecule has 2 unspecified atom stereocenters. The van der Waals surface area contributed by atoms with E-state index in [1.54, 1.807) is 0 Å². The van der Waals surface area contributed by atoms with Crippen LogP contribution in [0.15, 0.2) is 0 Å². The first kappa shape index (κ1) is 17.4. The van der Waals surface area contributed by atoms with Crippen molar-refractivity contribution in [1.29, 1.82) is 0 Å². The minimum atomic E-state index is -0.636. The second-order valence-corrected chi connectivity index (χ2v) is 6.03. The molecule has 0 radical (unpaired) electrons. The monoisotopic (exact) mass is 287 g/mol. The Balaban J connectivity index is 2.25. The highest BCUT2D eigenvalue weighted by atomic mass is 16.5. The van der Waals surface area contributed by atoms with Gasteiger partial charge in [-0.2, -0.15) is 0 Å². The Labute approximate surface area is 122 Å². The van der Waals surface area contributed by atoms with Crippen molar-refractivity contribution in [2.45, 2.75) is 51.6 Å². The van der Waals surface area contributed by atoms with Crippen molar-refractivity contribution in [3.63, 3.8) is 0 Å². The van der Waals surface area contributed by atoms with Crippen molar-refractivity contribution in [1.82, 2.24) is 5.32 Å². The second-order valence-electron chi connectivity index (χ2n) is 6.03. The fourth-order valence-electron chi connectivity index (χ4n) is 2.59. The molecule has 1 aliphatic heterocycles. The zero-order chi connectivity index (χ0) is 15.0. The quantitative estimate of drug-likeness (QED) is 0.517. The van der Waals surface area contributed by atoms with Gasteiger partial charge in [0.2, 0.25) is 0 Å². The van der Waals surface area contributed by atoms with E-state index in [1.165, 1.54) is 7.11 Å². The van der Waals surface area contributed by atoms with Gasteiger partial charge in [0.05, 0.1) is 20.3 Å². The van der Waals surface area contributed by atoms with Crippen LogP contribution in [0, 0.1) is 5.92 Å². The molecule has 1 fully saturated rings. The van der Waals surface area contributed by atoms with Gasteiger partial charge in [-0.25, -0.2) is 0 Å². The number of carbonyl (C=O) groups excluding carboxylic acids is 1. The first-order valence-electron chi connectivity index (χ1n) is 7.49. The van der Waals surface area contributed by atoms with E-state index in [-0.39, 0.29) is 12.0 Å². The van der Waals surface area contributed by atoms with Crippen LogP contribution in [0.4, 0.5) is 0 Å². The zero-order valence-corrected chi connectivity index (χ0v) is 13.2. The number of carbonyl (C=O) groups is 1. The highest BCUT2D eigenvalue weighted by Crippen LogP contribution is 2.17. The van der Waals surface area contributed by atoms with E-state index in [4.69, 9.17) is 14.2 Å². The Morgan fingerprint density at radius 1 is 1.50 bits per heavy atom. The van der Waals surface area contributed by atoms with Gasteiger partial charge in [0, 0.05) is 25.2 Å². The molecule has 5 heteroatoms. The third kappa shape index (κ3) is 5.77. The fourth-order valence-corrected chi connectivity index (χ4v) is 2.59. The van der Waals surface area contributed by atoms with Gasteiger partial charge in [0.1, 0.15) is 5.54 Å². The molecule has 0 amide bonds. The molecule has 1 heterocycles. The van der Waals surface area contributed by atoms with Crippen molar-refractivity contribution in [3.05, 3.63) is 0 Å². The lowest BCUT2D eigenvalue weighted by Gasteiger charge is -2.30. The minimum Gasteiger partial charge on any atom is -0.468 e. The molecule has 1 aliphatic rings. The summed E-state index contributed by atoms with van der Waals surface area (Å²) in [6.07, 6.45) is 2.63. The molecular weight excluding hydrogens is 258 g/mol. The van der Waals surface area contributed by atoms with Crippen molar-refractivity contribution in [3.8, 4) is 0 Å². The van der Waals surface area contributed by atoms with Crippen LogP contribution in [0.2, 0.25) is 0 Å². The molecular formula is C15H29NO4. The predicted molar refractivity (Wildman–Crippen MR) is 77.7 cm³/mol. The highest BCUT2D eigenvalue weighted by Gasteiger charge is 2.34. The Bertz CT molecular complexity index is 290. The molecule has 5 nitrogen and oxygen atoms in total. The SMILES string of the molecule is COC(=O)C(C)(CCCOCC1CCOC1)NC(C)C. The summed E-state index contributed by atoms with van der Waals surface area (Å²) >= 11 is 0. The average molecular weight is 287 g/mol. The lowest BCUT2D eigenvalue weighted by Crippen LogP contribution is -2.53. The molecule has 0 saturated carbocycles. The maximum atomic E-state index is 11.9. The van der Waals surface area contributed by atoms with Gasteiger partial charge in [0.15, 0.2) is 0 Å². The Kier molecular flexibility index (Phi) is 7.48. The molecule has 0 aromatic rings. The van der Waals surface area contributed by atoms with E-state index in [9.17, 15) is 4.79 Å². The van der Waals surface area contributed by atoms with E-state index in [0.29, 0.717) is 18.9 Å². The molecule has 118 valence electrons. The first-order valence-corrected chi connectivity index (χ1v) is 7.49. The summed E-state index contributed by atoms with van der Waals surface area (Å²) in [6, 6.07) is 0.232. The molecule has 2 atom stereocenters. The van der Waals surface area contributed by atoms with Crippen LogP contribution in [0.1, 0.15) is 40.0 Å². The predicted octanol–water partition coefficient (Wildman–Crippen LogP) is 1.75. The number of esters is 1. The third-order valence-electron chi connectivity index (χ3n) is 3.59. The van der Waals surface area contributed by atoms with Gasteiger partial charge in [0.25, 0.3) is 0 Å². The highest BCUT2D eigenvalue weighted by molar-refractivity contribution is 5.80. The van der Waals surface area contributed by atoms with Crippen LogP contribution in [0.5, 0.6) is 0 Å². The third-order valence-corrected chi connectivity index (χ3v) is 3.59. The molecule has 0 aromatic carbocycles. The standard InChI is InChI=1S/C15H29NO4/c1-12(2)16-15(3,14(17)18-4)7-5-8-19-10-13-6-9-20-11-13/h12-13,16H,5-11H2,1-4H3. The topological polar surface area (TPSA) is 56.8 Å². The summed E-state index contributed by atoms with van der Waals surface area (Å²) in [5, 5.41) is 3.29. The van der Waals surface area contributed by atoms with E-state index in [1.807, 2.05) is 20.8 Å². The number of hydrogen-bond acceptors (Lipinski definition) is 5. The summed E-state index contributed by atoms with van der Waals surface area (Å²) in [7, 11) is 1.43. The van der Waals surface area contributed by atoms with Crippen molar-refractivity contribution < 1.29 is 19.0 Å². The maximum absolute atomic E-state index is 11.9. The molecule has 1 rings (SSSR count). The summed E-state index contributed by atoms with van der Waals surface area (Å²) in [6.45, 7) is 9.04. The number of nitrogens with one attached hydrogen (secondary N) is 1. The van der Waals surface area contributed by atoms with Crippen LogP contribution < -0.4 is 5.32 Å². The summed E-state index contributed by atoms with van der Waals surface area (Å²) in [5.41, 5.74) is -0.636. The van der Waals surface area contributed by atoms with Gasteiger partial charge >= 0.3 is 5.97 Å². The minimum absolute atomic E-state index is 0.213. The molecule has 1 N–H and O–H groups in total. The van der Waals surface area contributed by atoms with Gasteiger partial charge in [-0.1, -0.05) is 0 Å². The van der Waals surface area contributed by atoms with Crippen molar-refractivity contribution in [2.75, 3.05) is 33.5 Å². The van der Waals surface area contributed by atoms with Crippen LogP contribution in [-0.2, 0) is 19.0 Å². The summed E-state index contributed by atoms with van der Waals surface area (Å²) < 4.78 is 15.9. The van der Waals surface area contributed by atoms with E-state index >= 15 is 0 Å². The normalized spacial score (nSPS) is 21.9. The smallest absolute Gasteiger partial charge is 0.325 e. The van der Waals surface area contributed by atoms with E-state index in [2.05, 4.69) is 5.32 Å². The first-order chi connectivity index (χ1) is 9.48. The summed E-state index contributed by atoms with van der Waals surface area (Å²) in [4.78, 5) is 11.9. The average Bonchev–Trinajstić information content (AvgIpc) is 2.89. The van der Waals surface area contributed by atoms with Crippen LogP contribution in [0.25, 0.3) is 0 Å². The van der Waals surface area contributed by atoms with Crippen molar-refractivity contribution in [2.24, 2.45) is 5.92 Å². The maximum Gasteiger partial charge on any atom is 0.325 e. The number of methoxy groups -OCH3 is 1. The molecule has 1 saturated heterocycles. The number of ether oxygens (including phenoxy) is 3. The van der Waals surface area contributed by atoms with Gasteiger partial charge in [-0.15, -0.1) is 0 Å².